The van der Waals surface area contributed by atoms with Crippen molar-refractivity contribution in [3.63, 3.8) is 0 Å². The molecule has 8 heteroatoms. The quantitative estimate of drug-likeness (QED) is 0.569. The van der Waals surface area contributed by atoms with Gasteiger partial charge in [-0.1, -0.05) is 32.0 Å². The van der Waals surface area contributed by atoms with Crippen molar-refractivity contribution in [1.82, 2.24) is 9.03 Å². The summed E-state index contributed by atoms with van der Waals surface area (Å²) in [5, 5.41) is 2.48. The van der Waals surface area contributed by atoms with E-state index >= 15 is 0 Å². The van der Waals surface area contributed by atoms with Gasteiger partial charge in [0.15, 0.2) is 0 Å². The van der Waals surface area contributed by atoms with E-state index in [0.717, 1.165) is 28.8 Å². The Hall–Kier alpha value is -0.990. The summed E-state index contributed by atoms with van der Waals surface area (Å²) in [7, 11) is 0. The van der Waals surface area contributed by atoms with Gasteiger partial charge in [0.05, 0.1) is 5.88 Å². The van der Waals surface area contributed by atoms with Gasteiger partial charge >= 0.3 is 11.3 Å². The highest BCUT2D eigenvalue weighted by Crippen LogP contribution is 2.26. The number of hydrogen-bond donors (Lipinski definition) is 1. The summed E-state index contributed by atoms with van der Waals surface area (Å²) in [5.74, 6) is 2.33. The molecule has 0 saturated heterocycles. The first kappa shape index (κ1) is 19.1. The van der Waals surface area contributed by atoms with Gasteiger partial charge in [0, 0.05) is 11.5 Å². The van der Waals surface area contributed by atoms with Crippen molar-refractivity contribution in [2.75, 3.05) is 17.4 Å². The lowest BCUT2D eigenvalue weighted by Gasteiger charge is -2.17. The standard InChI is InChI=1S/C14H20N2O3S3/c1-4-21-16(22-5-2)14(18)20-10-15-13(17)19-12-9-7-6-8-11(12)3/h6-9H,4-5,10H2,1-3H3,(H,15,17). The van der Waals surface area contributed by atoms with Gasteiger partial charge in [0.1, 0.15) is 5.75 Å². The molecule has 0 radical (unpaired) electrons. The van der Waals surface area contributed by atoms with Crippen LogP contribution in [0.1, 0.15) is 19.4 Å². The number of carbonyl (C=O) groups excluding carboxylic acids is 2. The number of thioether (sulfide) groups is 1. The molecule has 22 heavy (non-hydrogen) atoms. The van der Waals surface area contributed by atoms with E-state index in [4.69, 9.17) is 4.74 Å². The SMILES string of the molecule is CCSN(SCC)C(=O)SCNC(=O)Oc1ccccc1C. The number of benzene rings is 1. The molecule has 0 atom stereocenters. The molecule has 2 amide bonds. The molecular weight excluding hydrogens is 340 g/mol. The number of aryl methyl sites for hydroxylation is 1. The second-order valence-electron chi connectivity index (χ2n) is 3.98. The molecule has 0 aliphatic carbocycles. The normalized spacial score (nSPS) is 10.1. The Balaban J connectivity index is 2.35. The first-order valence-corrected chi connectivity index (χ1v) is 9.69. The monoisotopic (exact) mass is 360 g/mol. The molecular formula is C14H20N2O3S3. The highest BCUT2D eigenvalue weighted by atomic mass is 32.2. The van der Waals surface area contributed by atoms with Crippen LogP contribution in [0.2, 0.25) is 0 Å². The van der Waals surface area contributed by atoms with Gasteiger partial charge in [-0.25, -0.2) is 8.51 Å². The molecule has 1 aromatic carbocycles. The zero-order valence-electron chi connectivity index (χ0n) is 12.8. The van der Waals surface area contributed by atoms with E-state index < -0.39 is 6.09 Å². The number of amides is 2. The molecule has 0 bridgehead atoms. The van der Waals surface area contributed by atoms with Crippen molar-refractivity contribution < 1.29 is 14.3 Å². The lowest BCUT2D eigenvalue weighted by molar-refractivity contribution is 0.202. The van der Waals surface area contributed by atoms with Crippen LogP contribution < -0.4 is 10.1 Å². The number of ether oxygens (including phenoxy) is 1. The van der Waals surface area contributed by atoms with Gasteiger partial charge in [0.25, 0.3) is 0 Å². The molecule has 0 saturated carbocycles. The maximum Gasteiger partial charge on any atom is 0.413 e. The van der Waals surface area contributed by atoms with Crippen LogP contribution in [0.15, 0.2) is 24.3 Å². The molecule has 0 unspecified atom stereocenters. The van der Waals surface area contributed by atoms with Gasteiger partial charge in [-0.2, -0.15) is 0 Å². The Bertz CT molecular complexity index is 494. The van der Waals surface area contributed by atoms with Gasteiger partial charge < -0.3 is 10.1 Å². The summed E-state index contributed by atoms with van der Waals surface area (Å²) in [5.41, 5.74) is 0.881. The van der Waals surface area contributed by atoms with Crippen LogP contribution in [-0.2, 0) is 0 Å². The molecule has 0 aromatic heterocycles. The molecule has 1 aromatic rings. The fraction of sp³-hybridized carbons (Fsp3) is 0.429. The van der Waals surface area contributed by atoms with Crippen molar-refractivity contribution in [2.24, 2.45) is 0 Å². The van der Waals surface area contributed by atoms with Crippen LogP contribution in [0.25, 0.3) is 0 Å². The van der Waals surface area contributed by atoms with Crippen molar-refractivity contribution >= 4 is 47.0 Å². The fourth-order valence-electron chi connectivity index (χ4n) is 1.39. The average Bonchev–Trinajstić information content (AvgIpc) is 2.49. The van der Waals surface area contributed by atoms with Crippen molar-refractivity contribution in [3.05, 3.63) is 29.8 Å². The van der Waals surface area contributed by atoms with E-state index in [1.54, 1.807) is 15.8 Å². The van der Waals surface area contributed by atoms with E-state index in [1.807, 2.05) is 32.9 Å². The first-order valence-electron chi connectivity index (χ1n) is 6.82. The minimum Gasteiger partial charge on any atom is -0.410 e. The van der Waals surface area contributed by atoms with Gasteiger partial charge in [0.2, 0.25) is 0 Å². The largest absolute Gasteiger partial charge is 0.413 e. The summed E-state index contributed by atoms with van der Waals surface area (Å²) in [6, 6.07) is 7.27. The minimum absolute atomic E-state index is 0.0881. The first-order chi connectivity index (χ1) is 10.6. The second kappa shape index (κ2) is 10.7. The van der Waals surface area contributed by atoms with Gasteiger partial charge in [-0.3, -0.25) is 4.79 Å². The minimum atomic E-state index is -0.563. The lowest BCUT2D eigenvalue weighted by atomic mass is 10.2. The number of nitrogens with zero attached hydrogens (tertiary/aromatic N) is 1. The highest BCUT2D eigenvalue weighted by Gasteiger charge is 2.15. The number of rotatable bonds is 7. The molecule has 5 nitrogen and oxygen atoms in total. The van der Waals surface area contributed by atoms with Crippen molar-refractivity contribution in [3.8, 4) is 5.75 Å². The number of carbonyl (C=O) groups is 2. The Kier molecular flexibility index (Phi) is 9.26. The average molecular weight is 361 g/mol. The number of para-hydroxylation sites is 1. The topological polar surface area (TPSA) is 58.6 Å². The Morgan fingerprint density at radius 1 is 1.18 bits per heavy atom. The molecule has 1 rings (SSSR count). The summed E-state index contributed by atoms with van der Waals surface area (Å²) < 4.78 is 6.82. The van der Waals surface area contributed by atoms with Gasteiger partial charge in [-0.05, 0) is 54.2 Å². The molecule has 0 fully saturated rings. The lowest BCUT2D eigenvalue weighted by Crippen LogP contribution is -2.28. The zero-order valence-corrected chi connectivity index (χ0v) is 15.3. The molecule has 0 spiro atoms. The van der Waals surface area contributed by atoms with E-state index in [-0.39, 0.29) is 11.1 Å². The van der Waals surface area contributed by atoms with E-state index in [0.29, 0.717) is 5.75 Å². The van der Waals surface area contributed by atoms with E-state index in [1.165, 1.54) is 23.9 Å². The van der Waals surface area contributed by atoms with Crippen molar-refractivity contribution in [2.45, 2.75) is 20.8 Å². The molecule has 122 valence electrons. The third-order valence-electron chi connectivity index (χ3n) is 2.35. The second-order valence-corrected chi connectivity index (χ2v) is 7.54. The van der Waals surface area contributed by atoms with Crippen LogP contribution in [0.5, 0.6) is 5.75 Å². The Labute approximate surface area is 144 Å². The van der Waals surface area contributed by atoms with Crippen LogP contribution in [0.3, 0.4) is 0 Å². The summed E-state index contributed by atoms with van der Waals surface area (Å²) in [4.78, 5) is 23.7. The maximum absolute atomic E-state index is 12.0. The maximum atomic E-state index is 12.0. The summed E-state index contributed by atoms with van der Waals surface area (Å²) >= 11 is 3.95. The van der Waals surface area contributed by atoms with Crippen LogP contribution in [0.4, 0.5) is 9.59 Å². The third kappa shape index (κ3) is 6.85. The van der Waals surface area contributed by atoms with E-state index in [9.17, 15) is 9.59 Å². The Morgan fingerprint density at radius 2 is 1.82 bits per heavy atom. The van der Waals surface area contributed by atoms with Crippen LogP contribution in [0, 0.1) is 6.92 Å². The van der Waals surface area contributed by atoms with Crippen molar-refractivity contribution in [1.29, 1.82) is 0 Å². The van der Waals surface area contributed by atoms with Crippen LogP contribution >= 0.6 is 35.7 Å². The summed E-state index contributed by atoms with van der Waals surface area (Å²) in [6.45, 7) is 5.84. The predicted molar refractivity (Wildman–Crippen MR) is 96.3 cm³/mol. The van der Waals surface area contributed by atoms with Crippen LogP contribution in [-0.4, -0.2) is 32.4 Å². The summed E-state index contributed by atoms with van der Waals surface area (Å²) in [6.07, 6.45) is -0.563. The fourth-order valence-corrected chi connectivity index (χ4v) is 4.06. The molecule has 0 aliphatic rings. The third-order valence-corrected chi connectivity index (χ3v) is 5.25. The zero-order chi connectivity index (χ0) is 16.4. The van der Waals surface area contributed by atoms with E-state index in [2.05, 4.69) is 5.32 Å². The highest BCUT2D eigenvalue weighted by molar-refractivity contribution is 8.19. The number of nitrogens with one attached hydrogen (secondary N) is 1. The number of hydrogen-bond acceptors (Lipinski definition) is 6. The predicted octanol–water partition coefficient (Wildman–Crippen LogP) is 4.53. The molecule has 1 N–H and O–H groups in total. The van der Waals surface area contributed by atoms with Gasteiger partial charge in [-0.15, -0.1) is 0 Å². The molecule has 0 heterocycles. The molecule has 0 aliphatic heterocycles. The smallest absolute Gasteiger partial charge is 0.410 e. The Morgan fingerprint density at radius 3 is 2.41 bits per heavy atom.